The Balaban J connectivity index is 3.05. The molecule has 0 rings (SSSR count). The second-order valence-corrected chi connectivity index (χ2v) is 3.73. The summed E-state index contributed by atoms with van der Waals surface area (Å²) in [7, 11) is 0. The zero-order valence-electron chi connectivity index (χ0n) is 5.90. The van der Waals surface area contributed by atoms with Crippen LogP contribution in [0.25, 0.3) is 0 Å². The van der Waals surface area contributed by atoms with Crippen LogP contribution in [-0.4, -0.2) is 5.75 Å². The summed E-state index contributed by atoms with van der Waals surface area (Å²) >= 11 is 1.84. The number of thioether (sulfide) groups is 1. The monoisotopic (exact) mass is 130 g/mol. The highest BCUT2D eigenvalue weighted by atomic mass is 32.2. The van der Waals surface area contributed by atoms with Gasteiger partial charge in [0.2, 0.25) is 0 Å². The highest BCUT2D eigenvalue weighted by Gasteiger charge is 1.91. The lowest BCUT2D eigenvalue weighted by atomic mass is 10.3. The van der Waals surface area contributed by atoms with Gasteiger partial charge in [-0.15, -0.1) is 11.8 Å². The predicted molar refractivity (Wildman–Crippen MR) is 42.1 cm³/mol. The zero-order chi connectivity index (χ0) is 6.57. The normalized spacial score (nSPS) is 10.0. The molecule has 0 bridgehead atoms. The van der Waals surface area contributed by atoms with E-state index >= 15 is 0 Å². The lowest BCUT2D eigenvalue weighted by Crippen LogP contribution is -1.88. The minimum atomic E-state index is 0.789. The van der Waals surface area contributed by atoms with E-state index in [9.17, 15) is 0 Å². The van der Waals surface area contributed by atoms with Crippen molar-refractivity contribution in [3.63, 3.8) is 0 Å². The maximum atomic E-state index is 3.79. The third kappa shape index (κ3) is 6.09. The van der Waals surface area contributed by atoms with Gasteiger partial charge in [-0.1, -0.05) is 20.4 Å². The first-order chi connectivity index (χ1) is 3.63. The third-order valence-electron chi connectivity index (χ3n) is 0.663. The highest BCUT2D eigenvalue weighted by Crippen LogP contribution is 2.14. The topological polar surface area (TPSA) is 0 Å². The van der Waals surface area contributed by atoms with E-state index in [-0.39, 0.29) is 0 Å². The van der Waals surface area contributed by atoms with Crippen LogP contribution in [0.5, 0.6) is 0 Å². The lowest BCUT2D eigenvalue weighted by molar-refractivity contribution is 0.751. The van der Waals surface area contributed by atoms with Crippen LogP contribution in [0.15, 0.2) is 11.5 Å². The van der Waals surface area contributed by atoms with Crippen molar-refractivity contribution >= 4 is 11.8 Å². The van der Waals surface area contributed by atoms with Crippen LogP contribution in [0.4, 0.5) is 0 Å². The highest BCUT2D eigenvalue weighted by molar-refractivity contribution is 8.03. The summed E-state index contributed by atoms with van der Waals surface area (Å²) in [5.74, 6) is 1.99. The van der Waals surface area contributed by atoms with E-state index in [4.69, 9.17) is 0 Å². The molecule has 0 saturated carbocycles. The lowest BCUT2D eigenvalue weighted by Gasteiger charge is -2.01. The van der Waals surface area contributed by atoms with Crippen LogP contribution in [0, 0.1) is 5.92 Å². The average Bonchev–Trinajstić information content (AvgIpc) is 1.61. The van der Waals surface area contributed by atoms with E-state index in [2.05, 4.69) is 20.4 Å². The maximum absolute atomic E-state index is 3.79. The minimum absolute atomic E-state index is 0.789. The van der Waals surface area contributed by atoms with Crippen molar-refractivity contribution in [3.05, 3.63) is 11.5 Å². The first kappa shape index (κ1) is 8.09. The Bertz CT molecular complexity index is 74.5. The molecule has 0 atom stereocenters. The van der Waals surface area contributed by atoms with Gasteiger partial charge in [0.1, 0.15) is 0 Å². The second kappa shape index (κ2) is 4.02. The molecule has 0 aliphatic carbocycles. The molecule has 0 aromatic carbocycles. The predicted octanol–water partition coefficient (Wildman–Crippen LogP) is 2.91. The fraction of sp³-hybridized carbons (Fsp3) is 0.714. The molecule has 1 heteroatoms. The van der Waals surface area contributed by atoms with Crippen molar-refractivity contribution in [2.45, 2.75) is 20.8 Å². The molecule has 8 heavy (non-hydrogen) atoms. The molecule has 0 heterocycles. The van der Waals surface area contributed by atoms with Gasteiger partial charge in [0.25, 0.3) is 0 Å². The van der Waals surface area contributed by atoms with Crippen LogP contribution < -0.4 is 0 Å². The van der Waals surface area contributed by atoms with E-state index in [0.29, 0.717) is 0 Å². The Hall–Kier alpha value is 0.0900. The van der Waals surface area contributed by atoms with Crippen LogP contribution in [0.3, 0.4) is 0 Å². The molecule has 0 aliphatic rings. The van der Waals surface area contributed by atoms with E-state index in [1.165, 1.54) is 10.7 Å². The summed E-state index contributed by atoms with van der Waals surface area (Å²) in [5.41, 5.74) is 0. The number of hydrogen-bond donors (Lipinski definition) is 0. The van der Waals surface area contributed by atoms with Crippen LogP contribution in [0.2, 0.25) is 0 Å². The molecule has 0 unspecified atom stereocenters. The Kier molecular flexibility index (Phi) is 4.06. The molecule has 0 amide bonds. The summed E-state index contributed by atoms with van der Waals surface area (Å²) in [5, 5.41) is 0. The third-order valence-corrected chi connectivity index (χ3v) is 1.99. The van der Waals surface area contributed by atoms with Gasteiger partial charge in [0, 0.05) is 0 Å². The zero-order valence-corrected chi connectivity index (χ0v) is 6.72. The van der Waals surface area contributed by atoms with Gasteiger partial charge < -0.3 is 0 Å². The molecule has 0 spiro atoms. The molecule has 0 N–H and O–H groups in total. The summed E-state index contributed by atoms with van der Waals surface area (Å²) < 4.78 is 0. The minimum Gasteiger partial charge on any atom is -0.131 e. The van der Waals surface area contributed by atoms with Gasteiger partial charge in [-0.25, -0.2) is 0 Å². The Morgan fingerprint density at radius 1 is 1.62 bits per heavy atom. The average molecular weight is 130 g/mol. The quantitative estimate of drug-likeness (QED) is 0.566. The summed E-state index contributed by atoms with van der Waals surface area (Å²) in [6, 6.07) is 0. The van der Waals surface area contributed by atoms with E-state index < -0.39 is 0 Å². The van der Waals surface area contributed by atoms with E-state index in [0.717, 1.165) is 5.92 Å². The van der Waals surface area contributed by atoms with Crippen molar-refractivity contribution in [2.24, 2.45) is 5.92 Å². The van der Waals surface area contributed by atoms with Gasteiger partial charge in [0.05, 0.1) is 0 Å². The number of rotatable bonds is 3. The van der Waals surface area contributed by atoms with Crippen molar-refractivity contribution in [1.29, 1.82) is 0 Å². The summed E-state index contributed by atoms with van der Waals surface area (Å²) in [4.78, 5) is 1.22. The fourth-order valence-electron chi connectivity index (χ4n) is 0.309. The molecule has 0 saturated heterocycles. The van der Waals surface area contributed by atoms with Crippen molar-refractivity contribution in [3.8, 4) is 0 Å². The van der Waals surface area contributed by atoms with E-state index in [1.807, 2.05) is 18.7 Å². The molecule has 48 valence electrons. The molecular formula is C7H14S. The molecule has 0 nitrogen and oxygen atoms in total. The molecule has 0 fully saturated rings. The molecule has 0 radical (unpaired) electrons. The van der Waals surface area contributed by atoms with Crippen molar-refractivity contribution < 1.29 is 0 Å². The Labute approximate surface area is 56.4 Å². The SMILES string of the molecule is C=C(C)SCC(C)C. The standard InChI is InChI=1S/C7H14S/c1-6(2)5-8-7(3)4/h6H,3,5H2,1-2,4H3. The van der Waals surface area contributed by atoms with Crippen LogP contribution in [0.1, 0.15) is 20.8 Å². The Morgan fingerprint density at radius 3 is 2.25 bits per heavy atom. The molecule has 0 aromatic heterocycles. The van der Waals surface area contributed by atoms with Crippen molar-refractivity contribution in [2.75, 3.05) is 5.75 Å². The first-order valence-electron chi connectivity index (χ1n) is 2.91. The van der Waals surface area contributed by atoms with Crippen LogP contribution >= 0.6 is 11.8 Å². The Morgan fingerprint density at radius 2 is 2.12 bits per heavy atom. The van der Waals surface area contributed by atoms with Crippen LogP contribution in [-0.2, 0) is 0 Å². The molecule has 0 aliphatic heterocycles. The number of allylic oxidation sites excluding steroid dienone is 1. The van der Waals surface area contributed by atoms with Gasteiger partial charge >= 0.3 is 0 Å². The maximum Gasteiger partial charge on any atom is -0.0000426 e. The summed E-state index contributed by atoms with van der Waals surface area (Å²) in [6.45, 7) is 10.3. The molecule has 0 aromatic rings. The summed E-state index contributed by atoms with van der Waals surface area (Å²) in [6.07, 6.45) is 0. The first-order valence-corrected chi connectivity index (χ1v) is 3.89. The smallest absolute Gasteiger partial charge is 0.0000426 e. The molecular weight excluding hydrogens is 116 g/mol. The fourth-order valence-corrected chi connectivity index (χ4v) is 0.927. The second-order valence-electron chi connectivity index (χ2n) is 2.41. The van der Waals surface area contributed by atoms with E-state index in [1.54, 1.807) is 0 Å². The van der Waals surface area contributed by atoms with Crippen molar-refractivity contribution in [1.82, 2.24) is 0 Å². The van der Waals surface area contributed by atoms with Gasteiger partial charge in [-0.2, -0.15) is 0 Å². The van der Waals surface area contributed by atoms with Gasteiger partial charge in [0.15, 0.2) is 0 Å². The van der Waals surface area contributed by atoms with Gasteiger partial charge in [-0.3, -0.25) is 0 Å². The van der Waals surface area contributed by atoms with Gasteiger partial charge in [-0.05, 0) is 23.5 Å². The largest absolute Gasteiger partial charge is 0.131 e. The number of hydrogen-bond acceptors (Lipinski definition) is 1.